The van der Waals surface area contributed by atoms with Crippen molar-refractivity contribution in [2.75, 3.05) is 11.9 Å². The second kappa shape index (κ2) is 13.8. The number of amidine groups is 1. The van der Waals surface area contributed by atoms with Crippen molar-refractivity contribution in [1.29, 1.82) is 0 Å². The zero-order valence-corrected chi connectivity index (χ0v) is 23.6. The summed E-state index contributed by atoms with van der Waals surface area (Å²) in [4.78, 5) is 14.1. The van der Waals surface area contributed by atoms with E-state index in [0.29, 0.717) is 18.8 Å². The first-order valence-corrected chi connectivity index (χ1v) is 14.0. The smallest absolute Gasteiger partial charge is 0.123 e. The summed E-state index contributed by atoms with van der Waals surface area (Å²) in [5.74, 6) is 1.21. The molecule has 208 valence electrons. The molecule has 0 aromatic heterocycles. The predicted molar refractivity (Wildman–Crippen MR) is 167 cm³/mol. The van der Waals surface area contributed by atoms with Crippen molar-refractivity contribution in [1.82, 2.24) is 0 Å². The average molecular weight is 539 g/mol. The summed E-state index contributed by atoms with van der Waals surface area (Å²) in [6, 6.07) is 19.0. The van der Waals surface area contributed by atoms with Crippen LogP contribution in [-0.2, 0) is 6.42 Å². The second-order valence-electron chi connectivity index (χ2n) is 10.7. The van der Waals surface area contributed by atoms with Crippen LogP contribution in [0.4, 0.5) is 21.5 Å². The molecule has 40 heavy (non-hydrogen) atoms. The molecule has 3 aromatic carbocycles. The fraction of sp³-hybridized carbons (Fsp3) is 0.324. The Kier molecular flexibility index (Phi) is 10.0. The first-order valence-electron chi connectivity index (χ1n) is 14.0. The number of nitrogens with zero attached hydrogens (tertiary/aromatic N) is 3. The van der Waals surface area contributed by atoms with Crippen molar-refractivity contribution < 1.29 is 9.50 Å². The molecule has 0 radical (unpaired) electrons. The predicted octanol–water partition coefficient (Wildman–Crippen LogP) is 8.99. The minimum atomic E-state index is -0.277. The number of nitrogens with one attached hydrogen (secondary N) is 1. The maximum absolute atomic E-state index is 13.4. The van der Waals surface area contributed by atoms with Gasteiger partial charge in [0.25, 0.3) is 0 Å². The minimum absolute atomic E-state index is 0.195. The Bertz CT molecular complexity index is 1410. The van der Waals surface area contributed by atoms with E-state index in [1.54, 1.807) is 12.1 Å². The molecule has 1 unspecified atom stereocenters. The Hall–Kier alpha value is -4.06. The molecule has 4 rings (SSSR count). The Morgan fingerprint density at radius 1 is 1.02 bits per heavy atom. The number of aliphatic imine (C=N–C) groups is 3. The maximum atomic E-state index is 13.4. The molecule has 0 aliphatic carbocycles. The third-order valence-corrected chi connectivity index (χ3v) is 7.31. The lowest BCUT2D eigenvalue weighted by molar-refractivity contribution is 0.385. The van der Waals surface area contributed by atoms with Crippen LogP contribution in [0.2, 0.25) is 0 Å². The van der Waals surface area contributed by atoms with Crippen molar-refractivity contribution >= 4 is 35.3 Å². The van der Waals surface area contributed by atoms with Crippen molar-refractivity contribution in [3.63, 3.8) is 0 Å². The highest BCUT2D eigenvalue weighted by atomic mass is 19.1. The summed E-state index contributed by atoms with van der Waals surface area (Å²) in [7, 11) is 0. The molecule has 1 atom stereocenters. The van der Waals surface area contributed by atoms with E-state index < -0.39 is 0 Å². The average Bonchev–Trinajstić information content (AvgIpc) is 3.41. The monoisotopic (exact) mass is 538 g/mol. The van der Waals surface area contributed by atoms with Gasteiger partial charge in [0.2, 0.25) is 0 Å². The van der Waals surface area contributed by atoms with Crippen molar-refractivity contribution in [2.24, 2.45) is 20.9 Å². The highest BCUT2D eigenvalue weighted by molar-refractivity contribution is 6.03. The van der Waals surface area contributed by atoms with E-state index in [1.165, 1.54) is 23.3 Å². The summed E-state index contributed by atoms with van der Waals surface area (Å²) >= 11 is 0. The lowest BCUT2D eigenvalue weighted by atomic mass is 9.93. The van der Waals surface area contributed by atoms with Gasteiger partial charge in [0.15, 0.2) is 0 Å². The van der Waals surface area contributed by atoms with Crippen LogP contribution < -0.4 is 5.32 Å². The zero-order chi connectivity index (χ0) is 28.5. The zero-order valence-electron chi connectivity index (χ0n) is 23.6. The van der Waals surface area contributed by atoms with Crippen LogP contribution >= 0.6 is 0 Å². The summed E-state index contributed by atoms with van der Waals surface area (Å²) in [6.45, 7) is 12.3. The van der Waals surface area contributed by atoms with E-state index in [9.17, 15) is 9.50 Å². The van der Waals surface area contributed by atoms with Crippen molar-refractivity contribution in [2.45, 2.75) is 58.8 Å². The normalized spacial score (nSPS) is 15.1. The van der Waals surface area contributed by atoms with Gasteiger partial charge in [-0.2, -0.15) is 0 Å². The number of rotatable bonds is 12. The number of halogens is 1. The largest absolute Gasteiger partial charge is 0.513 e. The Balaban J connectivity index is 1.46. The summed E-state index contributed by atoms with van der Waals surface area (Å²) in [5.41, 5.74) is 8.44. The lowest BCUT2D eigenvalue weighted by Crippen LogP contribution is -2.12. The molecule has 5 nitrogen and oxygen atoms in total. The van der Waals surface area contributed by atoms with Gasteiger partial charge in [-0.3, -0.25) is 9.98 Å². The number of benzene rings is 3. The Labute approximate surface area is 237 Å². The van der Waals surface area contributed by atoms with Crippen LogP contribution in [-0.4, -0.2) is 29.9 Å². The molecule has 6 heteroatoms. The van der Waals surface area contributed by atoms with Gasteiger partial charge in [-0.05, 0) is 112 Å². The minimum Gasteiger partial charge on any atom is -0.513 e. The number of aliphatic hydroxyl groups is 1. The van der Waals surface area contributed by atoms with Gasteiger partial charge in [-0.25, -0.2) is 9.38 Å². The molecular formula is C34H39FN4O. The van der Waals surface area contributed by atoms with Crippen molar-refractivity contribution in [3.8, 4) is 0 Å². The Morgan fingerprint density at radius 3 is 2.55 bits per heavy atom. The van der Waals surface area contributed by atoms with Crippen LogP contribution in [0.1, 0.15) is 60.8 Å². The highest BCUT2D eigenvalue weighted by Gasteiger charge is 2.21. The molecule has 1 aliphatic heterocycles. The second-order valence-corrected chi connectivity index (χ2v) is 10.7. The van der Waals surface area contributed by atoms with E-state index >= 15 is 0 Å². The molecule has 0 saturated carbocycles. The van der Waals surface area contributed by atoms with E-state index in [-0.39, 0.29) is 11.6 Å². The van der Waals surface area contributed by atoms with E-state index in [1.807, 2.05) is 6.07 Å². The number of allylic oxidation sites excluding steroid dienone is 1. The van der Waals surface area contributed by atoms with Gasteiger partial charge in [-0.15, -0.1) is 0 Å². The van der Waals surface area contributed by atoms with E-state index in [2.05, 4.69) is 67.8 Å². The molecule has 2 N–H and O–H groups in total. The third kappa shape index (κ3) is 8.22. The Morgan fingerprint density at radius 2 is 1.80 bits per heavy atom. The van der Waals surface area contributed by atoms with E-state index in [4.69, 9.17) is 9.98 Å². The summed E-state index contributed by atoms with van der Waals surface area (Å²) in [6.07, 6.45) is 5.87. The molecule has 0 spiro atoms. The quantitative estimate of drug-likeness (QED) is 0.105. The fourth-order valence-corrected chi connectivity index (χ4v) is 5.00. The molecular weight excluding hydrogens is 499 g/mol. The molecule has 0 fully saturated rings. The molecule has 0 amide bonds. The van der Waals surface area contributed by atoms with Gasteiger partial charge < -0.3 is 10.4 Å². The molecule has 3 aromatic rings. The standard InChI is InChI=1S/C34H39FN4O/c1-23-9-18-31(36-4)27(19-23)13-11-26-20-33(37-22-26)28-12-10-24(2)32(21-28)39-34(8-6-5-7-25(3)40)38-30-16-14-29(35)15-17-30/h9-10,12,14-19,21,26,40H,3-8,11,13,20,22H2,1-2H3,(H,38,39). The first kappa shape index (κ1) is 28.9. The van der Waals surface area contributed by atoms with Crippen LogP contribution in [0.25, 0.3) is 0 Å². The third-order valence-electron chi connectivity index (χ3n) is 7.31. The van der Waals surface area contributed by atoms with Gasteiger partial charge >= 0.3 is 0 Å². The molecule has 1 heterocycles. The fourth-order valence-electron chi connectivity index (χ4n) is 5.00. The SMILES string of the molecule is C=Nc1ccc(C)cc1CCC1CN=C(c2ccc(C)c(N=C(CCCCC(=C)O)Nc3ccc(F)cc3)c2)C1. The molecule has 1 aliphatic rings. The van der Waals surface area contributed by atoms with Gasteiger partial charge in [0.1, 0.15) is 11.7 Å². The topological polar surface area (TPSA) is 69.3 Å². The first-order chi connectivity index (χ1) is 19.3. The summed E-state index contributed by atoms with van der Waals surface area (Å²) < 4.78 is 13.4. The number of unbranched alkanes of at least 4 members (excludes halogenated alkanes) is 1. The molecule has 0 bridgehead atoms. The van der Waals surface area contributed by atoms with Crippen LogP contribution in [0.3, 0.4) is 0 Å². The van der Waals surface area contributed by atoms with E-state index in [0.717, 1.165) is 78.4 Å². The van der Waals surface area contributed by atoms with Crippen LogP contribution in [0.15, 0.2) is 88.0 Å². The van der Waals surface area contributed by atoms with Crippen molar-refractivity contribution in [3.05, 3.63) is 101 Å². The van der Waals surface area contributed by atoms with Gasteiger partial charge in [0, 0.05) is 30.8 Å². The number of anilines is 1. The van der Waals surface area contributed by atoms with Gasteiger partial charge in [0.05, 0.1) is 17.1 Å². The number of aryl methyl sites for hydroxylation is 3. The number of hydrogen-bond donors (Lipinski definition) is 2. The summed E-state index contributed by atoms with van der Waals surface area (Å²) in [5, 5.41) is 12.8. The number of aliphatic hydroxyl groups excluding tert-OH is 1. The van der Waals surface area contributed by atoms with Crippen LogP contribution in [0.5, 0.6) is 0 Å². The number of hydrogen-bond acceptors (Lipinski definition) is 4. The molecule has 0 saturated heterocycles. The van der Waals surface area contributed by atoms with Crippen LogP contribution in [0, 0.1) is 25.6 Å². The maximum Gasteiger partial charge on any atom is 0.123 e. The van der Waals surface area contributed by atoms with Gasteiger partial charge in [-0.1, -0.05) is 36.4 Å². The lowest BCUT2D eigenvalue weighted by Gasteiger charge is -2.13. The highest BCUT2D eigenvalue weighted by Crippen LogP contribution is 2.29.